The molecule has 3 nitrogen and oxygen atoms in total. The molecule has 0 aliphatic rings. The standard InChI is InChI=1S/C18H36O3/c1-16(2)13-11-9-7-5-4-6-8-10-12-14-18(20)21-15-17(3)19/h16-17,19H,4-15H2,1-3H3. The van der Waals surface area contributed by atoms with E-state index < -0.39 is 6.10 Å². The molecule has 0 saturated heterocycles. The fraction of sp³-hybridized carbons (Fsp3) is 0.944. The normalized spacial score (nSPS) is 12.6. The van der Waals surface area contributed by atoms with Crippen LogP contribution < -0.4 is 0 Å². The Bertz CT molecular complexity index is 237. The van der Waals surface area contributed by atoms with E-state index in [1.807, 2.05) is 0 Å². The summed E-state index contributed by atoms with van der Waals surface area (Å²) in [7, 11) is 0. The Morgan fingerprint density at radius 3 is 1.81 bits per heavy atom. The number of aliphatic hydroxyl groups excluding tert-OH is 1. The summed E-state index contributed by atoms with van der Waals surface area (Å²) < 4.78 is 4.91. The van der Waals surface area contributed by atoms with Crippen molar-refractivity contribution in [3.8, 4) is 0 Å². The first-order valence-electron chi connectivity index (χ1n) is 8.86. The van der Waals surface area contributed by atoms with Crippen molar-refractivity contribution in [2.75, 3.05) is 6.61 Å². The van der Waals surface area contributed by atoms with Crippen LogP contribution in [-0.2, 0) is 9.53 Å². The summed E-state index contributed by atoms with van der Waals surface area (Å²) in [6, 6.07) is 0. The van der Waals surface area contributed by atoms with Gasteiger partial charge in [-0.2, -0.15) is 0 Å². The lowest BCUT2D eigenvalue weighted by molar-refractivity contribution is -0.146. The van der Waals surface area contributed by atoms with Crippen molar-refractivity contribution in [1.29, 1.82) is 0 Å². The molecule has 0 fully saturated rings. The maximum atomic E-state index is 11.3. The predicted octanol–water partition coefficient (Wildman–Crippen LogP) is 4.86. The van der Waals surface area contributed by atoms with Crippen LogP contribution in [0.15, 0.2) is 0 Å². The van der Waals surface area contributed by atoms with Gasteiger partial charge in [0.25, 0.3) is 0 Å². The zero-order valence-corrected chi connectivity index (χ0v) is 14.4. The largest absolute Gasteiger partial charge is 0.463 e. The molecule has 1 N–H and O–H groups in total. The molecule has 0 aromatic heterocycles. The zero-order chi connectivity index (χ0) is 15.9. The highest BCUT2D eigenvalue weighted by Gasteiger charge is 2.04. The van der Waals surface area contributed by atoms with E-state index in [1.54, 1.807) is 6.92 Å². The van der Waals surface area contributed by atoms with Crippen molar-refractivity contribution in [1.82, 2.24) is 0 Å². The Labute approximate surface area is 131 Å². The molecule has 1 unspecified atom stereocenters. The summed E-state index contributed by atoms with van der Waals surface area (Å²) in [6.45, 7) is 6.33. The van der Waals surface area contributed by atoms with Gasteiger partial charge in [-0.15, -0.1) is 0 Å². The predicted molar refractivity (Wildman–Crippen MR) is 88.3 cm³/mol. The topological polar surface area (TPSA) is 46.5 Å². The van der Waals surface area contributed by atoms with Crippen molar-refractivity contribution in [2.45, 2.75) is 97.5 Å². The third-order valence-electron chi connectivity index (χ3n) is 3.65. The van der Waals surface area contributed by atoms with Crippen molar-refractivity contribution in [3.63, 3.8) is 0 Å². The van der Waals surface area contributed by atoms with E-state index in [-0.39, 0.29) is 12.6 Å². The smallest absolute Gasteiger partial charge is 0.305 e. The van der Waals surface area contributed by atoms with Gasteiger partial charge in [0.1, 0.15) is 6.61 Å². The third kappa shape index (κ3) is 17.4. The monoisotopic (exact) mass is 300 g/mol. The molecule has 0 radical (unpaired) electrons. The molecule has 0 aromatic carbocycles. The van der Waals surface area contributed by atoms with E-state index in [9.17, 15) is 4.79 Å². The van der Waals surface area contributed by atoms with E-state index in [4.69, 9.17) is 9.84 Å². The SMILES string of the molecule is CC(C)CCCCCCCCCCCC(=O)OCC(C)O. The fourth-order valence-electron chi connectivity index (χ4n) is 2.35. The molecule has 1 atom stereocenters. The van der Waals surface area contributed by atoms with Crippen molar-refractivity contribution in [3.05, 3.63) is 0 Å². The second kappa shape index (κ2) is 14.4. The van der Waals surface area contributed by atoms with Gasteiger partial charge in [-0.3, -0.25) is 4.79 Å². The number of hydrogen-bond donors (Lipinski definition) is 1. The molecule has 0 heterocycles. The molecule has 0 rings (SSSR count). The van der Waals surface area contributed by atoms with Gasteiger partial charge in [0, 0.05) is 6.42 Å². The van der Waals surface area contributed by atoms with Crippen molar-refractivity contribution >= 4 is 5.97 Å². The second-order valence-electron chi connectivity index (χ2n) is 6.65. The second-order valence-corrected chi connectivity index (χ2v) is 6.65. The Morgan fingerprint density at radius 2 is 1.33 bits per heavy atom. The molecule has 0 bridgehead atoms. The molecule has 0 aliphatic carbocycles. The Balaban J connectivity index is 3.13. The van der Waals surface area contributed by atoms with Crippen LogP contribution in [-0.4, -0.2) is 23.8 Å². The Kier molecular flexibility index (Phi) is 14.0. The molecule has 0 saturated carbocycles. The molecule has 3 heteroatoms. The number of carbonyl (C=O) groups is 1. The van der Waals surface area contributed by atoms with Crippen LogP contribution in [0.25, 0.3) is 0 Å². The van der Waals surface area contributed by atoms with Crippen LogP contribution in [0.1, 0.15) is 91.4 Å². The lowest BCUT2D eigenvalue weighted by atomic mass is 10.0. The molecule has 0 aliphatic heterocycles. The number of unbranched alkanes of at least 4 members (excludes halogenated alkanes) is 8. The lowest BCUT2D eigenvalue weighted by Gasteiger charge is -2.06. The first kappa shape index (κ1) is 20.4. The van der Waals surface area contributed by atoms with Crippen LogP contribution in [0.2, 0.25) is 0 Å². The highest BCUT2D eigenvalue weighted by atomic mass is 16.5. The zero-order valence-electron chi connectivity index (χ0n) is 14.4. The first-order chi connectivity index (χ1) is 10.0. The van der Waals surface area contributed by atoms with Crippen LogP contribution in [0.5, 0.6) is 0 Å². The molecule has 126 valence electrons. The minimum Gasteiger partial charge on any atom is -0.463 e. The molecule has 21 heavy (non-hydrogen) atoms. The van der Waals surface area contributed by atoms with E-state index >= 15 is 0 Å². The quantitative estimate of drug-likeness (QED) is 0.368. The first-order valence-corrected chi connectivity index (χ1v) is 8.86. The van der Waals surface area contributed by atoms with Gasteiger partial charge in [0.05, 0.1) is 6.10 Å². The van der Waals surface area contributed by atoms with E-state index in [2.05, 4.69) is 13.8 Å². The van der Waals surface area contributed by atoms with Gasteiger partial charge in [-0.05, 0) is 19.3 Å². The average molecular weight is 300 g/mol. The summed E-state index contributed by atoms with van der Waals surface area (Å²) in [5, 5.41) is 9.00. The molecule has 0 amide bonds. The number of esters is 1. The fourth-order valence-corrected chi connectivity index (χ4v) is 2.35. The molecular weight excluding hydrogens is 264 g/mol. The van der Waals surface area contributed by atoms with E-state index in [0.717, 1.165) is 18.8 Å². The molecule has 0 spiro atoms. The number of hydrogen-bond acceptors (Lipinski definition) is 3. The van der Waals surface area contributed by atoms with Crippen molar-refractivity contribution < 1.29 is 14.6 Å². The molecule has 0 aromatic rings. The Morgan fingerprint density at radius 1 is 0.857 bits per heavy atom. The van der Waals surface area contributed by atoms with Crippen LogP contribution in [0.4, 0.5) is 0 Å². The van der Waals surface area contributed by atoms with Gasteiger partial charge < -0.3 is 9.84 Å². The third-order valence-corrected chi connectivity index (χ3v) is 3.65. The highest BCUT2D eigenvalue weighted by molar-refractivity contribution is 5.69. The number of carbonyl (C=O) groups excluding carboxylic acids is 1. The number of ether oxygens (including phenoxy) is 1. The van der Waals surface area contributed by atoms with Crippen LogP contribution in [0, 0.1) is 5.92 Å². The van der Waals surface area contributed by atoms with E-state index in [1.165, 1.54) is 51.4 Å². The summed E-state index contributed by atoms with van der Waals surface area (Å²) in [5.74, 6) is 0.665. The maximum absolute atomic E-state index is 11.3. The highest BCUT2D eigenvalue weighted by Crippen LogP contribution is 2.13. The summed E-state index contributed by atoms with van der Waals surface area (Å²) in [5.41, 5.74) is 0. The lowest BCUT2D eigenvalue weighted by Crippen LogP contribution is -2.14. The summed E-state index contributed by atoms with van der Waals surface area (Å²) in [6.07, 6.45) is 12.6. The van der Waals surface area contributed by atoms with Gasteiger partial charge >= 0.3 is 5.97 Å². The minimum atomic E-state index is -0.561. The minimum absolute atomic E-state index is 0.121. The van der Waals surface area contributed by atoms with Gasteiger partial charge in [0.15, 0.2) is 0 Å². The molecular formula is C18H36O3. The summed E-state index contributed by atoms with van der Waals surface area (Å²) in [4.78, 5) is 11.3. The number of aliphatic hydroxyl groups is 1. The average Bonchev–Trinajstić information content (AvgIpc) is 2.42. The van der Waals surface area contributed by atoms with Gasteiger partial charge in [0.2, 0.25) is 0 Å². The van der Waals surface area contributed by atoms with E-state index in [0.29, 0.717) is 6.42 Å². The maximum Gasteiger partial charge on any atom is 0.305 e. The number of rotatable bonds is 14. The van der Waals surface area contributed by atoms with Gasteiger partial charge in [-0.25, -0.2) is 0 Å². The Hall–Kier alpha value is -0.570. The van der Waals surface area contributed by atoms with Crippen LogP contribution in [0.3, 0.4) is 0 Å². The van der Waals surface area contributed by atoms with Crippen molar-refractivity contribution in [2.24, 2.45) is 5.92 Å². The summed E-state index contributed by atoms with van der Waals surface area (Å²) >= 11 is 0. The van der Waals surface area contributed by atoms with Gasteiger partial charge in [-0.1, -0.05) is 71.6 Å². The van der Waals surface area contributed by atoms with Crippen LogP contribution >= 0.6 is 0 Å².